The van der Waals surface area contributed by atoms with E-state index in [1.165, 1.54) is 0 Å². The molecule has 1 atom stereocenters. The first-order chi connectivity index (χ1) is 9.61. The monoisotopic (exact) mass is 272 g/mol. The third-order valence-electron chi connectivity index (χ3n) is 3.22. The molecule has 1 heterocycles. The van der Waals surface area contributed by atoms with Gasteiger partial charge in [-0.15, -0.1) is 0 Å². The Bertz CT molecular complexity index is 617. The Morgan fingerprint density at radius 1 is 1.25 bits per heavy atom. The Balaban J connectivity index is 2.13. The minimum Gasteiger partial charge on any atom is -0.494 e. The van der Waals surface area contributed by atoms with Gasteiger partial charge in [0.1, 0.15) is 5.75 Å². The minimum atomic E-state index is -0.217. The number of nitrogens with two attached hydrogens (primary N) is 1. The summed E-state index contributed by atoms with van der Waals surface area (Å²) in [6, 6.07) is 11.1. The lowest BCUT2D eigenvalue weighted by Gasteiger charge is -2.15. The normalized spacial score (nSPS) is 12.2. The Morgan fingerprint density at radius 2 is 1.95 bits per heavy atom. The lowest BCUT2D eigenvalue weighted by atomic mass is 10.1. The minimum absolute atomic E-state index is 0.00823. The van der Waals surface area contributed by atoms with Crippen molar-refractivity contribution >= 4 is 0 Å². The van der Waals surface area contributed by atoms with E-state index in [0.717, 1.165) is 16.9 Å². The highest BCUT2D eigenvalue weighted by molar-refractivity contribution is 5.29. The van der Waals surface area contributed by atoms with Gasteiger partial charge in [0, 0.05) is 24.3 Å². The van der Waals surface area contributed by atoms with Gasteiger partial charge in [0.2, 0.25) is 0 Å². The van der Waals surface area contributed by atoms with Crippen LogP contribution >= 0.6 is 0 Å². The van der Waals surface area contributed by atoms with Crippen LogP contribution in [0.15, 0.2) is 47.4 Å². The smallest absolute Gasteiger partial charge is 0.253 e. The van der Waals surface area contributed by atoms with E-state index in [0.29, 0.717) is 13.2 Å². The number of ether oxygens (including phenoxy) is 1. The van der Waals surface area contributed by atoms with Gasteiger partial charge in [0.05, 0.1) is 6.61 Å². The zero-order valence-corrected chi connectivity index (χ0v) is 11.9. The van der Waals surface area contributed by atoms with Crippen LogP contribution in [0.25, 0.3) is 0 Å². The van der Waals surface area contributed by atoms with E-state index >= 15 is 0 Å². The molecule has 0 radical (unpaired) electrons. The number of hydrogen-bond acceptors (Lipinski definition) is 3. The summed E-state index contributed by atoms with van der Waals surface area (Å²) in [6.45, 7) is 4.86. The fraction of sp³-hybridized carbons (Fsp3) is 0.312. The third kappa shape index (κ3) is 3.27. The van der Waals surface area contributed by atoms with Crippen LogP contribution in [0.1, 0.15) is 24.1 Å². The van der Waals surface area contributed by atoms with Crippen molar-refractivity contribution in [3.8, 4) is 5.75 Å². The average Bonchev–Trinajstić information content (AvgIpc) is 2.45. The van der Waals surface area contributed by atoms with E-state index in [9.17, 15) is 4.79 Å². The van der Waals surface area contributed by atoms with Crippen LogP contribution in [0.3, 0.4) is 0 Å². The molecule has 0 fully saturated rings. The quantitative estimate of drug-likeness (QED) is 0.908. The fourth-order valence-electron chi connectivity index (χ4n) is 2.10. The summed E-state index contributed by atoms with van der Waals surface area (Å²) < 4.78 is 7.05. The maximum absolute atomic E-state index is 12.0. The Kier molecular flexibility index (Phi) is 4.58. The molecule has 20 heavy (non-hydrogen) atoms. The number of pyridine rings is 1. The fourth-order valence-corrected chi connectivity index (χ4v) is 2.10. The highest BCUT2D eigenvalue weighted by Gasteiger charge is 2.08. The van der Waals surface area contributed by atoms with Crippen molar-refractivity contribution in [3.05, 3.63) is 64.1 Å². The first-order valence-corrected chi connectivity index (χ1v) is 6.76. The molecule has 4 nitrogen and oxygen atoms in total. The van der Waals surface area contributed by atoms with Gasteiger partial charge in [-0.05, 0) is 37.6 Å². The van der Waals surface area contributed by atoms with Gasteiger partial charge in [-0.2, -0.15) is 0 Å². The van der Waals surface area contributed by atoms with Crippen LogP contribution in [-0.2, 0) is 6.54 Å². The number of benzene rings is 1. The van der Waals surface area contributed by atoms with Gasteiger partial charge in [0.15, 0.2) is 0 Å². The predicted molar refractivity (Wildman–Crippen MR) is 80.0 cm³/mol. The summed E-state index contributed by atoms with van der Waals surface area (Å²) >= 11 is 0. The van der Waals surface area contributed by atoms with Gasteiger partial charge in [-0.25, -0.2) is 0 Å². The molecule has 0 amide bonds. The lowest BCUT2D eigenvalue weighted by Crippen LogP contribution is -2.27. The van der Waals surface area contributed by atoms with Crippen molar-refractivity contribution < 1.29 is 4.74 Å². The van der Waals surface area contributed by atoms with Gasteiger partial charge in [0.25, 0.3) is 5.56 Å². The molecule has 2 N–H and O–H groups in total. The topological polar surface area (TPSA) is 57.2 Å². The van der Waals surface area contributed by atoms with Gasteiger partial charge < -0.3 is 15.0 Å². The maximum atomic E-state index is 12.0. The summed E-state index contributed by atoms with van der Waals surface area (Å²) in [5.74, 6) is 0.830. The zero-order chi connectivity index (χ0) is 14.5. The van der Waals surface area contributed by atoms with Crippen molar-refractivity contribution in [2.45, 2.75) is 26.4 Å². The van der Waals surface area contributed by atoms with Crippen LogP contribution in [0.5, 0.6) is 5.75 Å². The van der Waals surface area contributed by atoms with E-state index in [2.05, 4.69) is 0 Å². The number of rotatable bonds is 5. The van der Waals surface area contributed by atoms with Gasteiger partial charge in [-0.3, -0.25) is 4.79 Å². The number of aryl methyl sites for hydroxylation is 1. The van der Waals surface area contributed by atoms with E-state index in [4.69, 9.17) is 10.5 Å². The number of hydrogen-bond donors (Lipinski definition) is 1. The van der Waals surface area contributed by atoms with Crippen molar-refractivity contribution in [1.29, 1.82) is 0 Å². The third-order valence-corrected chi connectivity index (χ3v) is 3.22. The van der Waals surface area contributed by atoms with E-state index < -0.39 is 0 Å². The molecule has 0 bridgehead atoms. The lowest BCUT2D eigenvalue weighted by molar-refractivity contribution is 0.340. The van der Waals surface area contributed by atoms with Gasteiger partial charge >= 0.3 is 0 Å². The summed E-state index contributed by atoms with van der Waals surface area (Å²) in [5.41, 5.74) is 7.89. The second-order valence-corrected chi connectivity index (χ2v) is 4.76. The highest BCUT2D eigenvalue weighted by atomic mass is 16.5. The molecule has 2 aromatic rings. The summed E-state index contributed by atoms with van der Waals surface area (Å²) in [5, 5.41) is 0. The summed E-state index contributed by atoms with van der Waals surface area (Å²) in [6.07, 6.45) is 1.77. The van der Waals surface area contributed by atoms with Crippen molar-refractivity contribution in [1.82, 2.24) is 4.57 Å². The van der Waals surface area contributed by atoms with E-state index in [1.54, 1.807) is 23.8 Å². The van der Waals surface area contributed by atoms with Crippen LogP contribution < -0.4 is 16.0 Å². The van der Waals surface area contributed by atoms with Gasteiger partial charge in [-0.1, -0.05) is 18.2 Å². The largest absolute Gasteiger partial charge is 0.494 e. The number of aromatic nitrogens is 1. The molecular formula is C16H20N2O2. The second kappa shape index (κ2) is 6.39. The molecule has 1 aromatic heterocycles. The molecule has 2 rings (SSSR count). The van der Waals surface area contributed by atoms with Crippen LogP contribution in [0.4, 0.5) is 0 Å². The Hall–Kier alpha value is -2.07. The maximum Gasteiger partial charge on any atom is 0.253 e. The molecule has 0 aliphatic rings. The molecule has 4 heteroatoms. The highest BCUT2D eigenvalue weighted by Crippen LogP contribution is 2.17. The van der Waals surface area contributed by atoms with Crippen LogP contribution in [0, 0.1) is 6.92 Å². The Morgan fingerprint density at radius 3 is 2.60 bits per heavy atom. The summed E-state index contributed by atoms with van der Waals surface area (Å²) in [4.78, 5) is 12.0. The summed E-state index contributed by atoms with van der Waals surface area (Å²) in [7, 11) is 0. The SMILES string of the molecule is CCOc1ccc(C(N)Cn2cccc(C)c2=O)cc1. The molecule has 1 unspecified atom stereocenters. The van der Waals surface area contributed by atoms with E-state index in [-0.39, 0.29) is 11.6 Å². The second-order valence-electron chi connectivity index (χ2n) is 4.76. The first kappa shape index (κ1) is 14.3. The molecule has 106 valence electrons. The molecule has 0 aliphatic heterocycles. The van der Waals surface area contributed by atoms with Crippen molar-refractivity contribution in [2.24, 2.45) is 5.73 Å². The molecule has 0 saturated carbocycles. The Labute approximate surface area is 118 Å². The van der Waals surface area contributed by atoms with Crippen molar-refractivity contribution in [2.75, 3.05) is 6.61 Å². The standard InChI is InChI=1S/C16H20N2O2/c1-3-20-14-8-6-13(7-9-14)15(17)11-18-10-4-5-12(2)16(18)19/h4-10,15H,3,11,17H2,1-2H3. The molecule has 0 aliphatic carbocycles. The molecule has 0 spiro atoms. The van der Waals surface area contributed by atoms with E-state index in [1.807, 2.05) is 37.3 Å². The zero-order valence-electron chi connectivity index (χ0n) is 11.9. The average molecular weight is 272 g/mol. The van der Waals surface area contributed by atoms with Crippen LogP contribution in [0.2, 0.25) is 0 Å². The molecular weight excluding hydrogens is 252 g/mol. The first-order valence-electron chi connectivity index (χ1n) is 6.76. The van der Waals surface area contributed by atoms with Crippen LogP contribution in [-0.4, -0.2) is 11.2 Å². The molecule has 0 saturated heterocycles. The predicted octanol–water partition coefficient (Wildman–Crippen LogP) is 2.26. The molecule has 1 aromatic carbocycles. The number of nitrogens with zero attached hydrogens (tertiary/aromatic N) is 1. The van der Waals surface area contributed by atoms with Crippen molar-refractivity contribution in [3.63, 3.8) is 0 Å².